The highest BCUT2D eigenvalue weighted by Crippen LogP contribution is 2.46. The summed E-state index contributed by atoms with van der Waals surface area (Å²) in [5, 5.41) is 10.6. The standard InChI is InChI=1S/C18H21F4NO3/c19-16(20)18(21,22)11-26-10-15(25)23-7-5-17(6-8-23)13-4-2-1-3-12(13)9-14(17)24/h1-4,14,16,24H,5-11H2/t14-/m0/s1. The Balaban J connectivity index is 1.55. The molecule has 0 saturated carbocycles. The molecule has 144 valence electrons. The van der Waals surface area contributed by atoms with Crippen molar-refractivity contribution >= 4 is 5.91 Å². The lowest BCUT2D eigenvalue weighted by Gasteiger charge is -2.42. The van der Waals surface area contributed by atoms with Crippen LogP contribution in [0, 0.1) is 0 Å². The summed E-state index contributed by atoms with van der Waals surface area (Å²) in [5.74, 6) is -4.77. The molecule has 0 radical (unpaired) electrons. The second-order valence-electron chi connectivity index (χ2n) is 6.97. The summed E-state index contributed by atoms with van der Waals surface area (Å²) >= 11 is 0. The molecule has 1 saturated heterocycles. The number of piperidine rings is 1. The van der Waals surface area contributed by atoms with Gasteiger partial charge in [-0.15, -0.1) is 0 Å². The Morgan fingerprint density at radius 1 is 1.31 bits per heavy atom. The van der Waals surface area contributed by atoms with Crippen molar-refractivity contribution < 1.29 is 32.2 Å². The number of benzene rings is 1. The Labute approximate surface area is 148 Å². The van der Waals surface area contributed by atoms with Gasteiger partial charge in [0.1, 0.15) is 13.2 Å². The van der Waals surface area contributed by atoms with Crippen molar-refractivity contribution in [3.05, 3.63) is 35.4 Å². The summed E-state index contributed by atoms with van der Waals surface area (Å²) in [6.07, 6.45) is -2.64. The molecule has 4 nitrogen and oxygen atoms in total. The van der Waals surface area contributed by atoms with Gasteiger partial charge in [-0.25, -0.2) is 8.78 Å². The molecule has 3 rings (SSSR count). The first-order valence-corrected chi connectivity index (χ1v) is 8.54. The molecule has 1 aliphatic heterocycles. The molecular formula is C18H21F4NO3. The number of halogens is 4. The van der Waals surface area contributed by atoms with Crippen LogP contribution in [0.3, 0.4) is 0 Å². The zero-order valence-corrected chi connectivity index (χ0v) is 14.1. The van der Waals surface area contributed by atoms with E-state index in [1.807, 2.05) is 24.3 Å². The maximum atomic E-state index is 12.8. The van der Waals surface area contributed by atoms with E-state index >= 15 is 0 Å². The lowest BCUT2D eigenvalue weighted by atomic mass is 9.72. The van der Waals surface area contributed by atoms with Crippen LogP contribution in [0.1, 0.15) is 24.0 Å². The van der Waals surface area contributed by atoms with Gasteiger partial charge in [0.25, 0.3) is 0 Å². The minimum absolute atomic E-state index is 0.360. The van der Waals surface area contributed by atoms with Crippen molar-refractivity contribution in [1.82, 2.24) is 4.90 Å². The van der Waals surface area contributed by atoms with Crippen LogP contribution in [0.25, 0.3) is 0 Å². The molecule has 0 aromatic heterocycles. The second-order valence-corrected chi connectivity index (χ2v) is 6.97. The summed E-state index contributed by atoms with van der Waals surface area (Å²) in [4.78, 5) is 13.6. The van der Waals surface area contributed by atoms with Crippen molar-refractivity contribution in [3.8, 4) is 0 Å². The summed E-state index contributed by atoms with van der Waals surface area (Å²) in [6.45, 7) is -1.42. The Morgan fingerprint density at radius 2 is 1.96 bits per heavy atom. The van der Waals surface area contributed by atoms with Crippen molar-refractivity contribution in [2.45, 2.75) is 43.1 Å². The molecule has 0 bridgehead atoms. The first-order chi connectivity index (χ1) is 12.3. The van der Waals surface area contributed by atoms with Gasteiger partial charge in [0.15, 0.2) is 0 Å². The fourth-order valence-corrected chi connectivity index (χ4v) is 3.95. The van der Waals surface area contributed by atoms with Crippen molar-refractivity contribution in [3.63, 3.8) is 0 Å². The Morgan fingerprint density at radius 3 is 2.62 bits per heavy atom. The van der Waals surface area contributed by atoms with Gasteiger partial charge in [-0.3, -0.25) is 4.79 Å². The number of nitrogens with zero attached hydrogens (tertiary/aromatic N) is 1. The fourth-order valence-electron chi connectivity index (χ4n) is 3.95. The molecule has 8 heteroatoms. The molecular weight excluding hydrogens is 354 g/mol. The molecule has 2 aliphatic rings. The number of amides is 1. The molecule has 1 aromatic carbocycles. The van der Waals surface area contributed by atoms with Crippen LogP contribution in [-0.4, -0.2) is 60.7 Å². The van der Waals surface area contributed by atoms with Crippen LogP contribution in [0.15, 0.2) is 24.3 Å². The number of aliphatic hydroxyl groups excluding tert-OH is 1. The summed E-state index contributed by atoms with van der Waals surface area (Å²) in [7, 11) is 0. The maximum absolute atomic E-state index is 12.8. The van der Waals surface area contributed by atoms with E-state index < -0.39 is 43.0 Å². The minimum atomic E-state index is -4.26. The smallest absolute Gasteiger partial charge is 0.330 e. The van der Waals surface area contributed by atoms with Gasteiger partial charge in [-0.1, -0.05) is 24.3 Å². The quantitative estimate of drug-likeness (QED) is 0.804. The van der Waals surface area contributed by atoms with E-state index in [4.69, 9.17) is 0 Å². The zero-order chi connectivity index (χ0) is 18.9. The van der Waals surface area contributed by atoms with Crippen LogP contribution in [0.4, 0.5) is 17.6 Å². The average Bonchev–Trinajstić information content (AvgIpc) is 2.87. The topological polar surface area (TPSA) is 49.8 Å². The maximum Gasteiger partial charge on any atom is 0.330 e. The highest BCUT2D eigenvalue weighted by Gasteiger charge is 2.48. The number of likely N-dealkylation sites (tertiary alicyclic amines) is 1. The predicted octanol–water partition coefficient (Wildman–Crippen LogP) is 2.38. The third kappa shape index (κ3) is 3.44. The third-order valence-corrected chi connectivity index (χ3v) is 5.45. The van der Waals surface area contributed by atoms with Crippen LogP contribution in [0.5, 0.6) is 0 Å². The Kier molecular flexibility index (Phi) is 5.25. The predicted molar refractivity (Wildman–Crippen MR) is 85.4 cm³/mol. The lowest BCUT2D eigenvalue weighted by Crippen LogP contribution is -2.50. The summed E-state index contributed by atoms with van der Waals surface area (Å²) in [5.41, 5.74) is 1.82. The van der Waals surface area contributed by atoms with Crippen LogP contribution in [-0.2, 0) is 21.4 Å². The lowest BCUT2D eigenvalue weighted by molar-refractivity contribution is -0.171. The SMILES string of the molecule is O=C(COCC(F)(F)C(F)F)N1CCC2(CC1)c1ccccc1C[C@@H]2O. The number of aliphatic hydroxyl groups is 1. The van der Waals surface area contributed by atoms with Gasteiger partial charge < -0.3 is 14.7 Å². The molecule has 26 heavy (non-hydrogen) atoms. The molecule has 1 fully saturated rings. The number of carbonyl (C=O) groups is 1. The number of fused-ring (bicyclic) bond motifs is 2. The van der Waals surface area contributed by atoms with Gasteiger partial charge in [0, 0.05) is 18.5 Å². The number of hydrogen-bond acceptors (Lipinski definition) is 3. The number of carbonyl (C=O) groups excluding carboxylic acids is 1. The molecule has 1 aliphatic carbocycles. The fraction of sp³-hybridized carbons (Fsp3) is 0.611. The van der Waals surface area contributed by atoms with Gasteiger partial charge in [-0.2, -0.15) is 8.78 Å². The third-order valence-electron chi connectivity index (χ3n) is 5.45. The van der Waals surface area contributed by atoms with E-state index in [1.165, 1.54) is 4.90 Å². The molecule has 1 amide bonds. The van der Waals surface area contributed by atoms with E-state index in [9.17, 15) is 27.5 Å². The Bertz CT molecular complexity index is 660. The monoisotopic (exact) mass is 375 g/mol. The Hall–Kier alpha value is -1.67. The van der Waals surface area contributed by atoms with E-state index in [2.05, 4.69) is 4.74 Å². The van der Waals surface area contributed by atoms with Gasteiger partial charge >= 0.3 is 12.3 Å². The van der Waals surface area contributed by atoms with Crippen LogP contribution in [0.2, 0.25) is 0 Å². The summed E-state index contributed by atoms with van der Waals surface area (Å²) < 4.78 is 54.2. The van der Waals surface area contributed by atoms with Gasteiger partial charge in [-0.05, 0) is 30.4 Å². The number of rotatable bonds is 5. The molecule has 1 spiro atoms. The minimum Gasteiger partial charge on any atom is -0.392 e. The van der Waals surface area contributed by atoms with Gasteiger partial charge in [0.05, 0.1) is 6.10 Å². The highest BCUT2D eigenvalue weighted by molar-refractivity contribution is 5.77. The number of hydrogen-bond donors (Lipinski definition) is 1. The van der Waals surface area contributed by atoms with Crippen LogP contribution < -0.4 is 0 Å². The molecule has 0 unspecified atom stereocenters. The first kappa shape index (κ1) is 19.1. The zero-order valence-electron chi connectivity index (χ0n) is 14.1. The largest absolute Gasteiger partial charge is 0.392 e. The molecule has 1 N–H and O–H groups in total. The summed E-state index contributed by atoms with van der Waals surface area (Å²) in [6, 6.07) is 7.84. The van der Waals surface area contributed by atoms with E-state index in [0.717, 1.165) is 11.1 Å². The first-order valence-electron chi connectivity index (χ1n) is 8.54. The van der Waals surface area contributed by atoms with Crippen molar-refractivity contribution in [2.24, 2.45) is 0 Å². The van der Waals surface area contributed by atoms with Crippen LogP contribution >= 0.6 is 0 Å². The molecule has 1 aromatic rings. The van der Waals surface area contributed by atoms with Crippen molar-refractivity contribution in [1.29, 1.82) is 0 Å². The second kappa shape index (κ2) is 7.15. The van der Waals surface area contributed by atoms with Gasteiger partial charge in [0.2, 0.25) is 5.91 Å². The van der Waals surface area contributed by atoms with E-state index in [-0.39, 0.29) is 0 Å². The van der Waals surface area contributed by atoms with E-state index in [0.29, 0.717) is 32.4 Å². The number of ether oxygens (including phenoxy) is 1. The number of alkyl halides is 4. The normalized spacial score (nSPS) is 22.1. The average molecular weight is 375 g/mol. The molecule has 1 atom stereocenters. The van der Waals surface area contributed by atoms with E-state index in [1.54, 1.807) is 0 Å². The highest BCUT2D eigenvalue weighted by atomic mass is 19.3. The molecule has 1 heterocycles. The van der Waals surface area contributed by atoms with Crippen molar-refractivity contribution in [2.75, 3.05) is 26.3 Å².